The molecule has 0 amide bonds. The van der Waals surface area contributed by atoms with E-state index in [-0.39, 0.29) is 5.78 Å². The van der Waals surface area contributed by atoms with Gasteiger partial charge in [-0.05, 0) is 46.0 Å². The van der Waals surface area contributed by atoms with Gasteiger partial charge in [0.25, 0.3) is 0 Å². The molecule has 0 aromatic rings. The molecule has 20 heavy (non-hydrogen) atoms. The van der Waals surface area contributed by atoms with E-state index in [1.54, 1.807) is 20.8 Å². The van der Waals surface area contributed by atoms with Crippen LogP contribution in [0, 0.1) is 17.3 Å². The predicted molar refractivity (Wildman–Crippen MR) is 79.4 cm³/mol. The normalized spacial score (nSPS) is 28.2. The lowest BCUT2D eigenvalue weighted by atomic mass is 9.83. The van der Waals surface area contributed by atoms with Gasteiger partial charge in [-0.2, -0.15) is 0 Å². The maximum atomic E-state index is 12.5. The lowest BCUT2D eigenvalue weighted by Crippen LogP contribution is -2.50. The van der Waals surface area contributed by atoms with Crippen molar-refractivity contribution in [1.82, 2.24) is 4.90 Å². The molecule has 1 heterocycles. The minimum absolute atomic E-state index is 0.0518. The van der Waals surface area contributed by atoms with Crippen molar-refractivity contribution in [3.05, 3.63) is 0 Å². The molecule has 1 rings (SSSR count). The van der Waals surface area contributed by atoms with Crippen LogP contribution in [0.2, 0.25) is 0 Å². The molecular weight excluding hydrogens is 254 g/mol. The van der Waals surface area contributed by atoms with Crippen LogP contribution in [-0.2, 0) is 14.3 Å². The van der Waals surface area contributed by atoms with E-state index in [0.717, 1.165) is 6.54 Å². The topological polar surface area (TPSA) is 46.6 Å². The highest BCUT2D eigenvalue weighted by Crippen LogP contribution is 2.28. The fourth-order valence-corrected chi connectivity index (χ4v) is 2.85. The lowest BCUT2D eigenvalue weighted by molar-refractivity contribution is -0.158. The Labute approximate surface area is 122 Å². The van der Waals surface area contributed by atoms with E-state index in [2.05, 4.69) is 25.7 Å². The first-order chi connectivity index (χ1) is 9.20. The number of rotatable bonds is 5. The summed E-state index contributed by atoms with van der Waals surface area (Å²) in [6.45, 7) is 13.3. The number of ketones is 1. The van der Waals surface area contributed by atoms with Crippen molar-refractivity contribution >= 4 is 11.8 Å². The third-order valence-corrected chi connectivity index (χ3v) is 4.55. The number of ether oxygens (including phenoxy) is 1. The van der Waals surface area contributed by atoms with Crippen LogP contribution in [0.3, 0.4) is 0 Å². The number of carbonyl (C=O) groups excluding carboxylic acids is 2. The van der Waals surface area contributed by atoms with Crippen molar-refractivity contribution < 1.29 is 14.3 Å². The van der Waals surface area contributed by atoms with E-state index in [1.807, 2.05) is 0 Å². The molecule has 0 spiro atoms. The standard InChI is InChI=1S/C16H29NO3/c1-7-20-15(19)16(5,6)14(18)10-17-9-11(2)8-12(3)13(17)4/h11-13H,7-10H2,1-6H3. The van der Waals surface area contributed by atoms with E-state index in [0.29, 0.717) is 31.0 Å². The summed E-state index contributed by atoms with van der Waals surface area (Å²) in [6.07, 6.45) is 1.20. The van der Waals surface area contributed by atoms with Crippen LogP contribution in [0.15, 0.2) is 0 Å². The van der Waals surface area contributed by atoms with Gasteiger partial charge in [-0.15, -0.1) is 0 Å². The highest BCUT2D eigenvalue weighted by molar-refractivity contribution is 6.03. The first-order valence-corrected chi connectivity index (χ1v) is 7.64. The molecule has 4 nitrogen and oxygen atoms in total. The Balaban J connectivity index is 2.71. The third kappa shape index (κ3) is 3.81. The highest BCUT2D eigenvalue weighted by Gasteiger charge is 2.39. The van der Waals surface area contributed by atoms with Gasteiger partial charge >= 0.3 is 5.97 Å². The third-order valence-electron chi connectivity index (χ3n) is 4.55. The zero-order valence-corrected chi connectivity index (χ0v) is 13.7. The van der Waals surface area contributed by atoms with Crippen molar-refractivity contribution in [3.63, 3.8) is 0 Å². The Morgan fingerprint density at radius 2 is 1.85 bits per heavy atom. The first kappa shape index (κ1) is 17.2. The molecule has 0 aromatic carbocycles. The summed E-state index contributed by atoms with van der Waals surface area (Å²) in [7, 11) is 0. The van der Waals surface area contributed by atoms with Gasteiger partial charge < -0.3 is 4.74 Å². The molecule has 0 aromatic heterocycles. The zero-order chi connectivity index (χ0) is 15.5. The Morgan fingerprint density at radius 1 is 1.25 bits per heavy atom. The Bertz CT molecular complexity index is 365. The summed E-state index contributed by atoms with van der Waals surface area (Å²) in [4.78, 5) is 26.6. The minimum atomic E-state index is -1.06. The monoisotopic (exact) mass is 283 g/mol. The number of Topliss-reactive ketones (excluding diaryl/α,β-unsaturated/α-hetero) is 1. The summed E-state index contributed by atoms with van der Waals surface area (Å²) >= 11 is 0. The van der Waals surface area contributed by atoms with E-state index >= 15 is 0 Å². The van der Waals surface area contributed by atoms with Gasteiger partial charge in [-0.1, -0.05) is 13.8 Å². The van der Waals surface area contributed by atoms with Crippen molar-refractivity contribution in [1.29, 1.82) is 0 Å². The summed E-state index contributed by atoms with van der Waals surface area (Å²) in [5, 5.41) is 0. The van der Waals surface area contributed by atoms with Crippen LogP contribution in [0.25, 0.3) is 0 Å². The number of hydrogen-bond donors (Lipinski definition) is 0. The molecule has 3 atom stereocenters. The molecule has 1 aliphatic heterocycles. The molecule has 116 valence electrons. The van der Waals surface area contributed by atoms with E-state index in [1.165, 1.54) is 6.42 Å². The SMILES string of the molecule is CCOC(=O)C(C)(C)C(=O)CN1CC(C)CC(C)C1C. The van der Waals surface area contributed by atoms with E-state index in [9.17, 15) is 9.59 Å². The second kappa shape index (κ2) is 6.70. The van der Waals surface area contributed by atoms with Gasteiger partial charge in [-0.3, -0.25) is 14.5 Å². The van der Waals surface area contributed by atoms with Crippen molar-refractivity contribution in [2.75, 3.05) is 19.7 Å². The molecule has 0 N–H and O–H groups in total. The molecule has 0 radical (unpaired) electrons. The number of esters is 1. The first-order valence-electron chi connectivity index (χ1n) is 7.64. The highest BCUT2D eigenvalue weighted by atomic mass is 16.5. The van der Waals surface area contributed by atoms with Gasteiger partial charge in [0.15, 0.2) is 5.78 Å². The summed E-state index contributed by atoms with van der Waals surface area (Å²) in [5.41, 5.74) is -1.06. The molecule has 1 fully saturated rings. The molecule has 1 aliphatic rings. The number of nitrogens with zero attached hydrogens (tertiary/aromatic N) is 1. The van der Waals surface area contributed by atoms with Crippen molar-refractivity contribution in [2.45, 2.75) is 54.0 Å². The summed E-state index contributed by atoms with van der Waals surface area (Å²) in [5.74, 6) is 0.705. The van der Waals surface area contributed by atoms with Crippen LogP contribution in [-0.4, -0.2) is 42.4 Å². The molecular formula is C16H29NO3. The average Bonchev–Trinajstić information content (AvgIpc) is 2.35. The molecule has 1 saturated heterocycles. The van der Waals surface area contributed by atoms with Crippen molar-refractivity contribution in [2.24, 2.45) is 17.3 Å². The van der Waals surface area contributed by atoms with Crippen LogP contribution in [0.5, 0.6) is 0 Å². The number of piperidine rings is 1. The molecule has 0 bridgehead atoms. The maximum Gasteiger partial charge on any atom is 0.319 e. The number of hydrogen-bond acceptors (Lipinski definition) is 4. The van der Waals surface area contributed by atoms with Crippen LogP contribution in [0.4, 0.5) is 0 Å². The smallest absolute Gasteiger partial charge is 0.319 e. The zero-order valence-electron chi connectivity index (χ0n) is 13.7. The van der Waals surface area contributed by atoms with Gasteiger partial charge in [0.05, 0.1) is 13.2 Å². The van der Waals surface area contributed by atoms with Gasteiger partial charge in [-0.25, -0.2) is 0 Å². The fraction of sp³-hybridized carbons (Fsp3) is 0.875. The molecule has 4 heteroatoms. The molecule has 0 saturated carbocycles. The Kier molecular flexibility index (Phi) is 5.75. The van der Waals surface area contributed by atoms with E-state index < -0.39 is 11.4 Å². The van der Waals surface area contributed by atoms with Crippen molar-refractivity contribution in [3.8, 4) is 0 Å². The summed E-state index contributed by atoms with van der Waals surface area (Å²) < 4.78 is 5.01. The van der Waals surface area contributed by atoms with E-state index in [4.69, 9.17) is 4.74 Å². The maximum absolute atomic E-state index is 12.5. The van der Waals surface area contributed by atoms with Gasteiger partial charge in [0.1, 0.15) is 5.41 Å². The second-order valence-corrected chi connectivity index (χ2v) is 6.76. The van der Waals surface area contributed by atoms with Crippen LogP contribution in [0.1, 0.15) is 48.0 Å². The number of carbonyl (C=O) groups is 2. The van der Waals surface area contributed by atoms with Crippen LogP contribution >= 0.6 is 0 Å². The van der Waals surface area contributed by atoms with Crippen LogP contribution < -0.4 is 0 Å². The summed E-state index contributed by atoms with van der Waals surface area (Å²) in [6, 6.07) is 0.383. The number of likely N-dealkylation sites (tertiary alicyclic amines) is 1. The Morgan fingerprint density at radius 3 is 2.40 bits per heavy atom. The molecule has 3 unspecified atom stereocenters. The lowest BCUT2D eigenvalue weighted by Gasteiger charge is -2.41. The largest absolute Gasteiger partial charge is 0.465 e. The predicted octanol–water partition coefficient (Wildman–Crippen LogP) is 2.51. The van der Waals surface area contributed by atoms with Gasteiger partial charge in [0, 0.05) is 12.6 Å². The second-order valence-electron chi connectivity index (χ2n) is 6.76. The van der Waals surface area contributed by atoms with Gasteiger partial charge in [0.2, 0.25) is 0 Å². The minimum Gasteiger partial charge on any atom is -0.465 e. The fourth-order valence-electron chi connectivity index (χ4n) is 2.85. The quantitative estimate of drug-likeness (QED) is 0.574. The average molecular weight is 283 g/mol. The molecule has 0 aliphatic carbocycles. The Hall–Kier alpha value is -0.900.